The average Bonchev–Trinajstić information content (AvgIpc) is 3.15. The van der Waals surface area contributed by atoms with E-state index in [1.807, 2.05) is 35.7 Å². The Hall–Kier alpha value is -1.39. The second-order valence-corrected chi connectivity index (χ2v) is 8.76. The summed E-state index contributed by atoms with van der Waals surface area (Å²) >= 11 is 3.97. The van der Waals surface area contributed by atoms with Gasteiger partial charge in [-0.15, -0.1) is 23.5 Å². The average molecular weight is 358 g/mol. The summed E-state index contributed by atoms with van der Waals surface area (Å²) in [5.41, 5.74) is 4.44. The molecule has 1 N–H and O–H groups in total. The number of carbonyl (C=O) groups excluding carboxylic acids is 1. The van der Waals surface area contributed by atoms with Crippen molar-refractivity contribution in [1.82, 2.24) is 5.32 Å². The topological polar surface area (TPSA) is 29.1 Å². The van der Waals surface area contributed by atoms with Crippen LogP contribution in [-0.2, 0) is 0 Å². The lowest BCUT2D eigenvalue weighted by Gasteiger charge is -2.18. The Kier molecular flexibility index (Phi) is 5.90. The van der Waals surface area contributed by atoms with E-state index in [0.717, 1.165) is 17.5 Å². The molecule has 0 bridgehead atoms. The molecule has 126 valence electrons. The van der Waals surface area contributed by atoms with Crippen molar-refractivity contribution in [3.63, 3.8) is 0 Å². The molecule has 0 aromatic heterocycles. The maximum atomic E-state index is 12.6. The minimum Gasteiger partial charge on any atom is -0.345 e. The number of amides is 1. The zero-order valence-electron chi connectivity index (χ0n) is 14.1. The van der Waals surface area contributed by atoms with Gasteiger partial charge in [-0.1, -0.05) is 48.9 Å². The highest BCUT2D eigenvalue weighted by atomic mass is 32.2. The number of rotatable bonds is 5. The molecule has 1 amide bonds. The molecule has 0 radical (unpaired) electrons. The first-order valence-electron chi connectivity index (χ1n) is 8.38. The maximum Gasteiger partial charge on any atom is 0.251 e. The van der Waals surface area contributed by atoms with Crippen LogP contribution in [0.15, 0.2) is 48.5 Å². The third-order valence-electron chi connectivity index (χ3n) is 4.26. The normalized spacial score (nSPS) is 16.1. The largest absolute Gasteiger partial charge is 0.345 e. The summed E-state index contributed by atoms with van der Waals surface area (Å²) < 4.78 is 0.526. The van der Waals surface area contributed by atoms with Gasteiger partial charge in [0.1, 0.15) is 0 Å². The predicted octanol–water partition coefficient (Wildman–Crippen LogP) is 5.35. The van der Waals surface area contributed by atoms with Gasteiger partial charge in [-0.25, -0.2) is 0 Å². The number of thioether (sulfide) groups is 2. The molecular formula is C20H23NOS2. The number of carbonyl (C=O) groups is 1. The van der Waals surface area contributed by atoms with E-state index in [2.05, 4.69) is 55.6 Å². The van der Waals surface area contributed by atoms with E-state index >= 15 is 0 Å². The van der Waals surface area contributed by atoms with Crippen LogP contribution in [0.2, 0.25) is 0 Å². The first-order valence-corrected chi connectivity index (χ1v) is 10.5. The van der Waals surface area contributed by atoms with Gasteiger partial charge in [-0.3, -0.25) is 4.79 Å². The molecule has 1 atom stereocenters. The smallest absolute Gasteiger partial charge is 0.251 e. The fraction of sp³-hybridized carbons (Fsp3) is 0.350. The molecule has 1 heterocycles. The summed E-state index contributed by atoms with van der Waals surface area (Å²) in [4.78, 5) is 12.6. The van der Waals surface area contributed by atoms with Crippen molar-refractivity contribution < 1.29 is 4.79 Å². The third-order valence-corrected chi connectivity index (χ3v) is 7.36. The minimum atomic E-state index is 0.000651. The zero-order chi connectivity index (χ0) is 16.9. The van der Waals surface area contributed by atoms with Gasteiger partial charge < -0.3 is 5.32 Å². The molecule has 1 aliphatic heterocycles. The Bertz CT molecular complexity index is 676. The number of hydrogen-bond donors (Lipinski definition) is 1. The van der Waals surface area contributed by atoms with Crippen LogP contribution in [0.4, 0.5) is 0 Å². The second kappa shape index (κ2) is 8.13. The molecule has 1 aliphatic rings. The van der Waals surface area contributed by atoms with Crippen LogP contribution >= 0.6 is 23.5 Å². The second-order valence-electron chi connectivity index (χ2n) is 6.04. The molecule has 24 heavy (non-hydrogen) atoms. The third kappa shape index (κ3) is 4.17. The quantitative estimate of drug-likeness (QED) is 0.781. The van der Waals surface area contributed by atoms with Crippen LogP contribution in [0, 0.1) is 6.92 Å². The number of aryl methyl sites for hydroxylation is 1. The molecule has 0 spiro atoms. The van der Waals surface area contributed by atoms with Gasteiger partial charge in [0.2, 0.25) is 0 Å². The highest BCUT2D eigenvalue weighted by molar-refractivity contribution is 8.19. The standard InChI is InChI=1S/C20H23NOS2/c1-3-18(15-6-4-14(2)5-7-15)21-19(22)16-8-10-17(11-9-16)20-23-12-13-24-20/h4-11,18,20H,3,12-13H2,1-2H3,(H,21,22). The summed E-state index contributed by atoms with van der Waals surface area (Å²) in [6.45, 7) is 4.17. The summed E-state index contributed by atoms with van der Waals surface area (Å²) in [6.07, 6.45) is 0.877. The van der Waals surface area contributed by atoms with Gasteiger partial charge in [0.05, 0.1) is 10.6 Å². The summed E-state index contributed by atoms with van der Waals surface area (Å²) in [7, 11) is 0. The number of benzene rings is 2. The molecular weight excluding hydrogens is 334 g/mol. The van der Waals surface area contributed by atoms with E-state index in [0.29, 0.717) is 4.58 Å². The molecule has 0 aliphatic carbocycles. The zero-order valence-corrected chi connectivity index (χ0v) is 15.8. The molecule has 3 rings (SSSR count). The van der Waals surface area contributed by atoms with E-state index in [9.17, 15) is 4.79 Å². The van der Waals surface area contributed by atoms with Gasteiger partial charge in [0.25, 0.3) is 5.91 Å². The van der Waals surface area contributed by atoms with Gasteiger partial charge >= 0.3 is 0 Å². The molecule has 2 aromatic rings. The SMILES string of the molecule is CCC(NC(=O)c1ccc(C2SCCS2)cc1)c1ccc(C)cc1. The summed E-state index contributed by atoms with van der Waals surface area (Å²) in [6, 6.07) is 16.5. The van der Waals surface area contributed by atoms with Crippen LogP contribution in [0.3, 0.4) is 0 Å². The van der Waals surface area contributed by atoms with Crippen LogP contribution in [0.5, 0.6) is 0 Å². The molecule has 4 heteroatoms. The minimum absolute atomic E-state index is 0.000651. The summed E-state index contributed by atoms with van der Waals surface area (Å²) in [5, 5.41) is 3.16. The van der Waals surface area contributed by atoms with E-state index in [-0.39, 0.29) is 11.9 Å². The molecule has 1 saturated heterocycles. The summed E-state index contributed by atoms with van der Waals surface area (Å²) in [5.74, 6) is 2.43. The highest BCUT2D eigenvalue weighted by Gasteiger charge is 2.19. The van der Waals surface area contributed by atoms with Gasteiger partial charge in [-0.05, 0) is 36.6 Å². The Morgan fingerprint density at radius 1 is 1.08 bits per heavy atom. The molecule has 1 unspecified atom stereocenters. The molecule has 2 aromatic carbocycles. The Balaban J connectivity index is 1.67. The van der Waals surface area contributed by atoms with Crippen molar-refractivity contribution in [2.75, 3.05) is 11.5 Å². The molecule has 1 fully saturated rings. The van der Waals surface area contributed by atoms with Crippen LogP contribution < -0.4 is 5.32 Å². The van der Waals surface area contributed by atoms with E-state index in [1.54, 1.807) is 0 Å². The van der Waals surface area contributed by atoms with Gasteiger partial charge in [0, 0.05) is 17.1 Å². The Morgan fingerprint density at radius 3 is 2.29 bits per heavy atom. The van der Waals surface area contributed by atoms with Crippen LogP contribution in [0.25, 0.3) is 0 Å². The molecule has 2 nitrogen and oxygen atoms in total. The van der Waals surface area contributed by atoms with Crippen LogP contribution in [-0.4, -0.2) is 17.4 Å². The van der Waals surface area contributed by atoms with E-state index < -0.39 is 0 Å². The van der Waals surface area contributed by atoms with Crippen LogP contribution in [0.1, 0.15) is 51.0 Å². The highest BCUT2D eigenvalue weighted by Crippen LogP contribution is 2.45. The lowest BCUT2D eigenvalue weighted by Crippen LogP contribution is -2.28. The maximum absolute atomic E-state index is 12.6. The first-order chi connectivity index (χ1) is 11.7. The Morgan fingerprint density at radius 2 is 1.71 bits per heavy atom. The Labute approximate surface area is 152 Å². The fourth-order valence-electron chi connectivity index (χ4n) is 2.80. The number of hydrogen-bond acceptors (Lipinski definition) is 3. The van der Waals surface area contributed by atoms with Crippen molar-refractivity contribution in [2.24, 2.45) is 0 Å². The van der Waals surface area contributed by atoms with Crippen molar-refractivity contribution >= 4 is 29.4 Å². The van der Waals surface area contributed by atoms with Crippen molar-refractivity contribution in [1.29, 1.82) is 0 Å². The lowest BCUT2D eigenvalue weighted by molar-refractivity contribution is 0.0935. The monoisotopic (exact) mass is 357 g/mol. The first kappa shape index (κ1) is 17.4. The molecule has 0 saturated carbocycles. The van der Waals surface area contributed by atoms with Crippen molar-refractivity contribution in [3.05, 3.63) is 70.8 Å². The predicted molar refractivity (Wildman–Crippen MR) is 106 cm³/mol. The van der Waals surface area contributed by atoms with Gasteiger partial charge in [-0.2, -0.15) is 0 Å². The van der Waals surface area contributed by atoms with Crippen molar-refractivity contribution in [3.8, 4) is 0 Å². The van der Waals surface area contributed by atoms with E-state index in [1.165, 1.54) is 22.6 Å². The van der Waals surface area contributed by atoms with Crippen molar-refractivity contribution in [2.45, 2.75) is 30.9 Å². The lowest BCUT2D eigenvalue weighted by atomic mass is 10.0. The fourth-order valence-corrected chi connectivity index (χ4v) is 5.66. The number of nitrogens with one attached hydrogen (secondary N) is 1. The van der Waals surface area contributed by atoms with E-state index in [4.69, 9.17) is 0 Å². The van der Waals surface area contributed by atoms with Gasteiger partial charge in [0.15, 0.2) is 0 Å².